The van der Waals surface area contributed by atoms with Gasteiger partial charge >= 0.3 is 0 Å². The summed E-state index contributed by atoms with van der Waals surface area (Å²) in [6, 6.07) is 146. The van der Waals surface area contributed by atoms with Gasteiger partial charge in [0.1, 0.15) is 11.6 Å². The molecule has 28 rings (SSSR count). The predicted octanol–water partition coefficient (Wildman–Crippen LogP) is 26.9. The van der Waals surface area contributed by atoms with Gasteiger partial charge < -0.3 is 67.4 Å². The molecule has 20 nitrogen and oxygen atoms in total. The molecule has 0 bridgehead atoms. The van der Waals surface area contributed by atoms with E-state index in [2.05, 4.69) is 464 Å². The average Bonchev–Trinajstić information content (AvgIpc) is 1.59. The first-order chi connectivity index (χ1) is 69.7. The molecule has 0 saturated carbocycles. The fourth-order valence-electron chi connectivity index (χ4n) is 20.3. The average molecular weight is 2610 g/mol. The van der Waals surface area contributed by atoms with Crippen LogP contribution in [0.15, 0.2) is 365 Å². The number of pyridine rings is 4. The van der Waals surface area contributed by atoms with Crippen LogP contribution in [0.3, 0.4) is 0 Å². The van der Waals surface area contributed by atoms with E-state index in [-0.39, 0.29) is 84.3 Å². The van der Waals surface area contributed by atoms with E-state index in [4.69, 9.17) is 5.10 Å². The molecule has 4 aliphatic heterocycles. The van der Waals surface area contributed by atoms with Crippen LogP contribution < -0.4 is 39.2 Å². The third-order valence-electron chi connectivity index (χ3n) is 26.7. The minimum absolute atomic E-state index is 0. The van der Waals surface area contributed by atoms with Crippen molar-refractivity contribution in [1.29, 1.82) is 0 Å². The Hall–Kier alpha value is -15.5. The zero-order valence-electron chi connectivity index (χ0n) is 80.2. The molecule has 24 aromatic rings. The molecule has 0 spiro atoms. The Morgan fingerprint density at radius 3 is 0.932 bits per heavy atom. The third-order valence-corrected chi connectivity index (χ3v) is 26.7. The summed E-state index contributed by atoms with van der Waals surface area (Å²) in [4.78, 5) is 35.3. The van der Waals surface area contributed by atoms with Crippen LogP contribution in [0.5, 0.6) is 0 Å². The fraction of sp³-hybridized carbons (Fsp3) is 0.0656. The van der Waals surface area contributed by atoms with E-state index in [9.17, 15) is 0 Å². The Morgan fingerprint density at radius 1 is 0.219 bits per heavy atom. The fourth-order valence-corrected chi connectivity index (χ4v) is 20.3. The first-order valence-electron chi connectivity index (χ1n) is 47.1. The number of fused-ring (bicyclic) bond motifs is 16. The van der Waals surface area contributed by atoms with Gasteiger partial charge in [0.25, 0.3) is 0 Å². The number of rotatable bonds is 12. The molecule has 10 aromatic heterocycles. The molecule has 0 atom stereocenters. The molecule has 4 aliphatic rings. The van der Waals surface area contributed by atoms with Crippen molar-refractivity contribution >= 4 is 156 Å². The summed E-state index contributed by atoms with van der Waals surface area (Å²) in [7, 11) is 8.22. The maximum Gasteiger partial charge on any atom is 0.124 e. The Bertz CT molecular complexity index is 9060. The standard InChI is InChI=1S/2C31H24N5.2C30H20N5.4Pt/c1-21-17-22(2)36(32-21)25-10-8-9-24(18-25)35-28-12-5-4-11-26(28)27-16-15-23(19-31(27)35)34-20-33(3)29-13-6-7-14-30(29)34;1-21-17-22(2)36(32-21)25-15-16-27-26-11-4-5-12-28(26)35(31(27)19-25)24-10-8-9-23(18-24)34-20-33(3)29-13-6-7-14-30(29)34;1-33-20-34(30-28(33)13-7-17-32-30)22-8-6-9-23(19-22)35-27-12-3-2-10-24(27)25-15-14-21(18-29(25)35)26-11-4-5-16-31-26;1-33-20-34(30-28(33)13-7-17-32-30)22-14-15-25-24-10-2-3-12-27(24)35(29(25)19-22)23-9-6-8-21(18-23)26-11-4-5-16-31-26;;;;/h2*4-17,20H,1-3H3;2*2-17,20H,1H3;;;;/q4*-3;;;;. The van der Waals surface area contributed by atoms with E-state index < -0.39 is 0 Å². The van der Waals surface area contributed by atoms with Gasteiger partial charge in [0.05, 0.1) is 11.4 Å². The Labute approximate surface area is 904 Å². The molecule has 14 heterocycles. The van der Waals surface area contributed by atoms with Gasteiger partial charge in [-0.2, -0.15) is 73.3 Å². The second-order valence-electron chi connectivity index (χ2n) is 35.7. The summed E-state index contributed by atoms with van der Waals surface area (Å²) in [5, 5.41) is 18.8. The Kier molecular flexibility index (Phi) is 26.6. The normalized spacial score (nSPS) is 12.8. The number of hydrogen-bond donors (Lipinski definition) is 0. The van der Waals surface area contributed by atoms with Gasteiger partial charge in [0.15, 0.2) is 0 Å². The maximum atomic E-state index is 4.69. The monoisotopic (exact) mass is 2610 g/mol. The molecule has 0 amide bonds. The minimum Gasteiger partial charge on any atom is -0.504 e. The van der Waals surface area contributed by atoms with Crippen molar-refractivity contribution in [3.8, 4) is 56.6 Å². The first-order valence-corrected chi connectivity index (χ1v) is 47.1. The van der Waals surface area contributed by atoms with Crippen LogP contribution in [-0.2, 0) is 84.3 Å². The van der Waals surface area contributed by atoms with E-state index in [1.54, 1.807) is 0 Å². The van der Waals surface area contributed by atoms with Gasteiger partial charge in [0, 0.05) is 177 Å². The number of hydrogen-bond acceptors (Lipinski definition) is 14. The quantitative estimate of drug-likeness (QED) is 0.107. The summed E-state index contributed by atoms with van der Waals surface area (Å²) in [6.45, 7) is 16.5. The predicted molar refractivity (Wildman–Crippen MR) is 574 cm³/mol. The van der Waals surface area contributed by atoms with Crippen LogP contribution in [0.1, 0.15) is 22.8 Å². The van der Waals surface area contributed by atoms with Crippen LogP contribution in [0.2, 0.25) is 0 Å². The van der Waals surface area contributed by atoms with Crippen molar-refractivity contribution in [3.63, 3.8) is 0 Å². The van der Waals surface area contributed by atoms with Crippen LogP contribution >= 0.6 is 0 Å². The van der Waals surface area contributed by atoms with Gasteiger partial charge in [-0.05, 0) is 208 Å². The van der Waals surface area contributed by atoms with Crippen molar-refractivity contribution in [1.82, 2.24) is 57.8 Å². The summed E-state index contributed by atoms with van der Waals surface area (Å²) < 4.78 is 12.9. The molecule has 14 aromatic carbocycles. The smallest absolute Gasteiger partial charge is 0.124 e. The van der Waals surface area contributed by atoms with E-state index in [0.717, 1.165) is 197 Å². The number of nitrogens with zero attached hydrogens (tertiary/aromatic N) is 20. The van der Waals surface area contributed by atoms with E-state index in [1.807, 2.05) is 123 Å². The minimum atomic E-state index is 0. The summed E-state index contributed by atoms with van der Waals surface area (Å²) in [5.41, 5.74) is 32.7. The van der Waals surface area contributed by atoms with Crippen LogP contribution in [-0.4, -0.2) is 86.0 Å². The van der Waals surface area contributed by atoms with Gasteiger partial charge in [-0.1, -0.05) is 160 Å². The number of aromatic nitrogens is 12. The molecule has 0 N–H and O–H groups in total. The van der Waals surface area contributed by atoms with Crippen molar-refractivity contribution in [3.05, 3.63) is 462 Å². The number of aryl methyl sites for hydroxylation is 4. The largest absolute Gasteiger partial charge is 0.504 e. The van der Waals surface area contributed by atoms with E-state index in [0.29, 0.717) is 0 Å². The van der Waals surface area contributed by atoms with Crippen molar-refractivity contribution in [2.24, 2.45) is 0 Å². The van der Waals surface area contributed by atoms with E-state index in [1.165, 1.54) is 38.3 Å². The first kappa shape index (κ1) is 96.6. The topological polar surface area (TPSA) is 133 Å². The second kappa shape index (κ2) is 40.2. The third kappa shape index (κ3) is 17.2. The van der Waals surface area contributed by atoms with E-state index >= 15 is 0 Å². The van der Waals surface area contributed by atoms with Crippen LogP contribution in [0, 0.1) is 103 Å². The van der Waals surface area contributed by atoms with Crippen LogP contribution in [0.4, 0.5) is 68.5 Å². The number of benzene rings is 14. The zero-order chi connectivity index (χ0) is 95.5. The van der Waals surface area contributed by atoms with Crippen molar-refractivity contribution < 1.29 is 84.3 Å². The summed E-state index contributed by atoms with van der Waals surface area (Å²) in [5.74, 6) is 1.80. The SMILES string of the molecule is CN1[CH-]N(c2[c-]c(-n3c4[c-]c(-c5ccccn5)ccc4c4ccccc43)ccc2)c2ncccc21.CN1[CH-]N(c2[c-]c3c(cc2)c2ccccc2n3-c2[c-]c(-c3ccccn3)ccc2)c2ncccc21.Cc1cc(C)n(-c2[c-]c(-n3c4[c-]c(N5[CH-]N(C)c6ccccc65)ccc4c4ccccc43)ccc2)n1.Cc1cc(C)n(-c2[c-]c3c(cc2)c2ccccc2n3-c2[c-]c(N3[CH-]N(C)c4ccccc43)ccc2)n1.[Pt].[Pt].[Pt].[Pt]. The molecule has 0 radical (unpaired) electrons. The number of anilines is 12. The van der Waals surface area contributed by atoms with Gasteiger partial charge in [-0.3, -0.25) is 9.36 Å². The van der Waals surface area contributed by atoms with Crippen molar-refractivity contribution in [2.45, 2.75) is 27.7 Å². The molecular formula is C122H88N20Pt4-12. The van der Waals surface area contributed by atoms with Crippen LogP contribution in [0.25, 0.3) is 144 Å². The summed E-state index contributed by atoms with van der Waals surface area (Å²) in [6.07, 6.45) is 7.28. The van der Waals surface area contributed by atoms with Gasteiger partial charge in [0.2, 0.25) is 0 Å². The molecule has 728 valence electrons. The van der Waals surface area contributed by atoms with Crippen molar-refractivity contribution in [2.75, 3.05) is 67.4 Å². The molecule has 146 heavy (non-hydrogen) atoms. The molecule has 0 unspecified atom stereocenters. The number of para-hydroxylation sites is 8. The molecule has 24 heteroatoms. The van der Waals surface area contributed by atoms with Gasteiger partial charge in [-0.25, -0.2) is 9.97 Å². The summed E-state index contributed by atoms with van der Waals surface area (Å²) >= 11 is 0. The molecule has 0 fully saturated rings. The molecular weight excluding hydrogens is 2530 g/mol. The maximum absolute atomic E-state index is 4.69. The molecule has 0 saturated heterocycles. The Balaban J connectivity index is 0.000000113. The Morgan fingerprint density at radius 2 is 0.514 bits per heavy atom. The second-order valence-corrected chi connectivity index (χ2v) is 35.7. The zero-order valence-corrected chi connectivity index (χ0v) is 89.2. The molecule has 0 aliphatic carbocycles. The van der Waals surface area contributed by atoms with Gasteiger partial charge in [-0.15, -0.1) is 183 Å².